The number of piperidine rings is 1. The molecule has 0 aromatic heterocycles. The van der Waals surface area contributed by atoms with E-state index < -0.39 is 21.9 Å². The zero-order valence-electron chi connectivity index (χ0n) is 12.5. The molecule has 0 amide bonds. The lowest BCUT2D eigenvalue weighted by atomic mass is 10.0. The lowest BCUT2D eigenvalue weighted by Crippen LogP contribution is -2.43. The molecule has 1 aliphatic rings. The molecule has 0 aliphatic carbocycles. The van der Waals surface area contributed by atoms with Gasteiger partial charge in [0.1, 0.15) is 0 Å². The molecule has 1 aliphatic heterocycles. The monoisotopic (exact) mass is 321 g/mol. The summed E-state index contributed by atoms with van der Waals surface area (Å²) in [7, 11) is -2.18. The third-order valence-corrected chi connectivity index (χ3v) is 5.33. The van der Waals surface area contributed by atoms with Crippen LogP contribution in [0.2, 0.25) is 0 Å². The van der Waals surface area contributed by atoms with Crippen molar-refractivity contribution in [2.24, 2.45) is 5.92 Å². The molecule has 0 unspecified atom stereocenters. The van der Waals surface area contributed by atoms with E-state index in [-0.39, 0.29) is 31.1 Å². The first kappa shape index (κ1) is 17.9. The molecular formula is C13H23NO6S. The van der Waals surface area contributed by atoms with Crippen LogP contribution in [0.15, 0.2) is 0 Å². The molecule has 0 aromatic rings. The highest BCUT2D eigenvalue weighted by atomic mass is 32.2. The Morgan fingerprint density at radius 2 is 2.05 bits per heavy atom. The summed E-state index contributed by atoms with van der Waals surface area (Å²) in [6.07, 6.45) is 1.58. The maximum atomic E-state index is 12.2. The van der Waals surface area contributed by atoms with Gasteiger partial charge in [-0.25, -0.2) is 12.7 Å². The number of nitrogens with zero attached hydrogens (tertiary/aromatic N) is 1. The summed E-state index contributed by atoms with van der Waals surface area (Å²) in [6.45, 7) is 2.60. The van der Waals surface area contributed by atoms with Crippen molar-refractivity contribution in [3.8, 4) is 0 Å². The summed E-state index contributed by atoms with van der Waals surface area (Å²) in [4.78, 5) is 22.7. The van der Waals surface area contributed by atoms with Gasteiger partial charge in [0, 0.05) is 19.5 Å². The summed E-state index contributed by atoms with van der Waals surface area (Å²) in [6, 6.07) is 0. The Kier molecular flexibility index (Phi) is 7.10. The maximum absolute atomic E-state index is 12.2. The molecule has 0 saturated carbocycles. The van der Waals surface area contributed by atoms with Crippen LogP contribution in [0, 0.1) is 5.92 Å². The van der Waals surface area contributed by atoms with E-state index in [0.717, 1.165) is 0 Å². The van der Waals surface area contributed by atoms with Crippen LogP contribution in [0.1, 0.15) is 32.6 Å². The summed E-state index contributed by atoms with van der Waals surface area (Å²) in [5, 5.41) is 0. The second-order valence-corrected chi connectivity index (χ2v) is 7.03. The SMILES string of the molecule is CCOC(=O)[C@H]1CCCN(S(=O)(=O)CCCC(=O)OC)C1. The third kappa shape index (κ3) is 5.62. The van der Waals surface area contributed by atoms with Crippen molar-refractivity contribution in [2.45, 2.75) is 32.6 Å². The van der Waals surface area contributed by atoms with E-state index in [1.54, 1.807) is 6.92 Å². The number of rotatable bonds is 7. The van der Waals surface area contributed by atoms with Crippen molar-refractivity contribution >= 4 is 22.0 Å². The van der Waals surface area contributed by atoms with Gasteiger partial charge in [-0.3, -0.25) is 9.59 Å². The van der Waals surface area contributed by atoms with Crippen LogP contribution in [-0.2, 0) is 29.1 Å². The highest BCUT2D eigenvalue weighted by Crippen LogP contribution is 2.21. The van der Waals surface area contributed by atoms with E-state index in [9.17, 15) is 18.0 Å². The maximum Gasteiger partial charge on any atom is 0.310 e. The van der Waals surface area contributed by atoms with Crippen LogP contribution in [0.4, 0.5) is 0 Å². The molecule has 21 heavy (non-hydrogen) atoms. The van der Waals surface area contributed by atoms with Gasteiger partial charge < -0.3 is 9.47 Å². The van der Waals surface area contributed by atoms with Crippen LogP contribution < -0.4 is 0 Å². The van der Waals surface area contributed by atoms with Gasteiger partial charge in [-0.1, -0.05) is 0 Å². The predicted octanol–water partition coefficient (Wildman–Crippen LogP) is 0.544. The Labute approximate surface area is 125 Å². The Balaban J connectivity index is 2.53. The minimum atomic E-state index is -3.45. The number of ether oxygens (including phenoxy) is 2. The first-order chi connectivity index (χ1) is 9.90. The number of esters is 2. The average Bonchev–Trinajstić information content (AvgIpc) is 2.47. The summed E-state index contributed by atoms with van der Waals surface area (Å²) in [5.74, 6) is -1.27. The van der Waals surface area contributed by atoms with Crippen LogP contribution >= 0.6 is 0 Å². The fraction of sp³-hybridized carbons (Fsp3) is 0.846. The molecule has 7 nitrogen and oxygen atoms in total. The Bertz CT molecular complexity index is 461. The minimum Gasteiger partial charge on any atom is -0.469 e. The van der Waals surface area contributed by atoms with Crippen molar-refractivity contribution in [3.63, 3.8) is 0 Å². The normalized spacial score (nSPS) is 20.0. The molecule has 0 spiro atoms. The Morgan fingerprint density at radius 3 is 2.67 bits per heavy atom. The molecule has 1 fully saturated rings. The van der Waals surface area contributed by atoms with Crippen LogP contribution in [-0.4, -0.2) is 57.2 Å². The fourth-order valence-electron chi connectivity index (χ4n) is 2.28. The molecule has 122 valence electrons. The van der Waals surface area contributed by atoms with Gasteiger partial charge >= 0.3 is 11.9 Å². The van der Waals surface area contributed by atoms with Crippen LogP contribution in [0.3, 0.4) is 0 Å². The second-order valence-electron chi connectivity index (χ2n) is 4.94. The number of hydrogen-bond donors (Lipinski definition) is 0. The van der Waals surface area contributed by atoms with E-state index >= 15 is 0 Å². The summed E-state index contributed by atoms with van der Waals surface area (Å²) < 4.78 is 35.2. The fourth-order valence-corrected chi connectivity index (χ4v) is 3.86. The Morgan fingerprint density at radius 1 is 1.33 bits per heavy atom. The predicted molar refractivity (Wildman–Crippen MR) is 76.0 cm³/mol. The van der Waals surface area contributed by atoms with E-state index in [0.29, 0.717) is 26.0 Å². The number of carbonyl (C=O) groups is 2. The van der Waals surface area contributed by atoms with Gasteiger partial charge in [-0.2, -0.15) is 0 Å². The average molecular weight is 321 g/mol. The van der Waals surface area contributed by atoms with Crippen molar-refractivity contribution in [1.82, 2.24) is 4.31 Å². The zero-order valence-corrected chi connectivity index (χ0v) is 13.4. The van der Waals surface area contributed by atoms with Gasteiger partial charge in [-0.15, -0.1) is 0 Å². The largest absolute Gasteiger partial charge is 0.469 e. The van der Waals surface area contributed by atoms with Gasteiger partial charge in [0.25, 0.3) is 0 Å². The van der Waals surface area contributed by atoms with Crippen LogP contribution in [0.25, 0.3) is 0 Å². The van der Waals surface area contributed by atoms with Gasteiger partial charge in [-0.05, 0) is 26.2 Å². The smallest absolute Gasteiger partial charge is 0.310 e. The quantitative estimate of drug-likeness (QED) is 0.636. The van der Waals surface area contributed by atoms with Crippen molar-refractivity contribution < 1.29 is 27.5 Å². The molecular weight excluding hydrogens is 298 g/mol. The molecule has 0 N–H and O–H groups in total. The molecule has 1 atom stereocenters. The first-order valence-electron chi connectivity index (χ1n) is 7.12. The van der Waals surface area contributed by atoms with Gasteiger partial charge in [0.05, 0.1) is 25.4 Å². The summed E-state index contributed by atoms with van der Waals surface area (Å²) >= 11 is 0. The highest BCUT2D eigenvalue weighted by molar-refractivity contribution is 7.89. The number of methoxy groups -OCH3 is 1. The summed E-state index contributed by atoms with van der Waals surface area (Å²) in [5.41, 5.74) is 0. The number of hydrogen-bond acceptors (Lipinski definition) is 6. The standard InChI is InChI=1S/C13H23NO6S/c1-3-20-13(16)11-6-4-8-14(10-11)21(17,18)9-5-7-12(15)19-2/h11H,3-10H2,1-2H3/t11-/m0/s1. The van der Waals surface area contributed by atoms with Crippen molar-refractivity contribution in [2.75, 3.05) is 32.6 Å². The van der Waals surface area contributed by atoms with E-state index in [1.165, 1.54) is 11.4 Å². The van der Waals surface area contributed by atoms with Crippen molar-refractivity contribution in [1.29, 1.82) is 0 Å². The van der Waals surface area contributed by atoms with Gasteiger partial charge in [0.2, 0.25) is 10.0 Å². The molecule has 0 radical (unpaired) electrons. The van der Waals surface area contributed by atoms with E-state index in [1.807, 2.05) is 0 Å². The lowest BCUT2D eigenvalue weighted by molar-refractivity contribution is -0.149. The topological polar surface area (TPSA) is 90.0 Å². The van der Waals surface area contributed by atoms with Crippen LogP contribution in [0.5, 0.6) is 0 Å². The number of sulfonamides is 1. The molecule has 8 heteroatoms. The molecule has 1 heterocycles. The molecule has 1 rings (SSSR count). The Hall–Kier alpha value is -1.15. The molecule has 0 aromatic carbocycles. The van der Waals surface area contributed by atoms with E-state index in [4.69, 9.17) is 4.74 Å². The number of carbonyl (C=O) groups excluding carboxylic acids is 2. The lowest BCUT2D eigenvalue weighted by Gasteiger charge is -2.30. The first-order valence-corrected chi connectivity index (χ1v) is 8.73. The van der Waals surface area contributed by atoms with Crippen molar-refractivity contribution in [3.05, 3.63) is 0 Å². The second kappa shape index (κ2) is 8.33. The minimum absolute atomic E-state index is 0.0743. The van der Waals surface area contributed by atoms with Gasteiger partial charge in [0.15, 0.2) is 0 Å². The van der Waals surface area contributed by atoms with E-state index in [2.05, 4.69) is 4.74 Å². The third-order valence-electron chi connectivity index (χ3n) is 3.41. The molecule has 1 saturated heterocycles. The molecule has 0 bridgehead atoms. The zero-order chi connectivity index (χ0) is 15.9. The highest BCUT2D eigenvalue weighted by Gasteiger charge is 2.32.